The van der Waals surface area contributed by atoms with E-state index in [1.165, 1.54) is 0 Å². The Kier molecular flexibility index (Phi) is 2.89. The largest absolute Gasteiger partial charge is 0.444 e. The standard InChI is InChI=1S/C13H24N2O2/c1-11(2,3)17-10(16)15-13-6-4-5-12(14,9-13)7-8-13/h4-9,14H2,1-3H3,(H,15,16). The summed E-state index contributed by atoms with van der Waals surface area (Å²) in [6, 6.07) is 0. The molecule has 0 aromatic carbocycles. The smallest absolute Gasteiger partial charge is 0.408 e. The maximum absolute atomic E-state index is 11.8. The number of hydrogen-bond donors (Lipinski definition) is 2. The van der Waals surface area contributed by atoms with E-state index in [9.17, 15) is 4.79 Å². The molecular formula is C13H24N2O2. The molecule has 0 heterocycles. The van der Waals surface area contributed by atoms with E-state index < -0.39 is 5.60 Å². The number of nitrogens with two attached hydrogens (primary N) is 1. The lowest BCUT2D eigenvalue weighted by atomic mass is 9.79. The van der Waals surface area contributed by atoms with Gasteiger partial charge in [-0.3, -0.25) is 0 Å². The first-order valence-corrected chi connectivity index (χ1v) is 6.52. The van der Waals surface area contributed by atoms with E-state index in [1.54, 1.807) is 0 Å². The highest BCUT2D eigenvalue weighted by Crippen LogP contribution is 2.46. The van der Waals surface area contributed by atoms with Crippen LogP contribution in [0.2, 0.25) is 0 Å². The number of carbonyl (C=O) groups is 1. The van der Waals surface area contributed by atoms with Crippen molar-refractivity contribution < 1.29 is 9.53 Å². The Hall–Kier alpha value is -0.770. The highest BCUT2D eigenvalue weighted by atomic mass is 16.6. The molecule has 3 N–H and O–H groups in total. The molecule has 2 saturated carbocycles. The summed E-state index contributed by atoms with van der Waals surface area (Å²) >= 11 is 0. The van der Waals surface area contributed by atoms with Gasteiger partial charge >= 0.3 is 6.09 Å². The molecule has 0 aromatic rings. The third-order valence-electron chi connectivity index (χ3n) is 3.89. The van der Waals surface area contributed by atoms with Crippen molar-refractivity contribution >= 4 is 6.09 Å². The van der Waals surface area contributed by atoms with Crippen LogP contribution in [-0.2, 0) is 4.74 Å². The predicted octanol–water partition coefficient (Wildman–Crippen LogP) is 2.32. The van der Waals surface area contributed by atoms with Gasteiger partial charge < -0.3 is 15.8 Å². The Morgan fingerprint density at radius 3 is 2.59 bits per heavy atom. The second-order valence-corrected chi connectivity index (χ2v) is 6.80. The Balaban J connectivity index is 1.97. The van der Waals surface area contributed by atoms with Crippen molar-refractivity contribution in [1.29, 1.82) is 0 Å². The summed E-state index contributed by atoms with van der Waals surface area (Å²) in [6.07, 6.45) is 5.83. The fourth-order valence-electron chi connectivity index (χ4n) is 3.23. The highest BCUT2D eigenvalue weighted by molar-refractivity contribution is 5.69. The van der Waals surface area contributed by atoms with Crippen molar-refractivity contribution in [3.05, 3.63) is 0 Å². The molecule has 0 saturated heterocycles. The Labute approximate surface area is 103 Å². The topological polar surface area (TPSA) is 64.3 Å². The zero-order chi connectivity index (χ0) is 12.7. The van der Waals surface area contributed by atoms with Gasteiger partial charge in [-0.25, -0.2) is 4.79 Å². The summed E-state index contributed by atoms with van der Waals surface area (Å²) in [4.78, 5) is 11.8. The van der Waals surface area contributed by atoms with Crippen LogP contribution in [0.1, 0.15) is 59.3 Å². The van der Waals surface area contributed by atoms with Crippen LogP contribution in [0.3, 0.4) is 0 Å². The molecule has 2 atom stereocenters. The Morgan fingerprint density at radius 2 is 1.94 bits per heavy atom. The number of fused-ring (bicyclic) bond motifs is 2. The summed E-state index contributed by atoms with van der Waals surface area (Å²) in [5.41, 5.74) is 5.71. The summed E-state index contributed by atoms with van der Waals surface area (Å²) in [7, 11) is 0. The van der Waals surface area contributed by atoms with Gasteiger partial charge in [0.1, 0.15) is 5.60 Å². The van der Waals surface area contributed by atoms with Gasteiger partial charge in [-0.1, -0.05) is 0 Å². The monoisotopic (exact) mass is 240 g/mol. The molecule has 0 aliphatic heterocycles. The lowest BCUT2D eigenvalue weighted by molar-refractivity contribution is 0.0433. The first-order valence-electron chi connectivity index (χ1n) is 6.52. The van der Waals surface area contributed by atoms with Crippen molar-refractivity contribution in [3.63, 3.8) is 0 Å². The number of alkyl carbamates (subject to hydrolysis) is 1. The minimum Gasteiger partial charge on any atom is -0.444 e. The highest BCUT2D eigenvalue weighted by Gasteiger charge is 2.50. The van der Waals surface area contributed by atoms with Crippen molar-refractivity contribution in [3.8, 4) is 0 Å². The van der Waals surface area contributed by atoms with Gasteiger partial charge in [0, 0.05) is 11.1 Å². The van der Waals surface area contributed by atoms with E-state index in [-0.39, 0.29) is 17.2 Å². The molecular weight excluding hydrogens is 216 g/mol. The maximum Gasteiger partial charge on any atom is 0.408 e. The molecule has 98 valence electrons. The zero-order valence-corrected chi connectivity index (χ0v) is 11.1. The lowest BCUT2D eigenvalue weighted by Crippen LogP contribution is -2.53. The first kappa shape index (κ1) is 12.7. The van der Waals surface area contributed by atoms with Crippen molar-refractivity contribution in [1.82, 2.24) is 5.32 Å². The molecule has 17 heavy (non-hydrogen) atoms. The summed E-state index contributed by atoms with van der Waals surface area (Å²) < 4.78 is 5.33. The molecule has 0 aromatic heterocycles. The van der Waals surface area contributed by atoms with E-state index in [0.29, 0.717) is 0 Å². The van der Waals surface area contributed by atoms with E-state index in [4.69, 9.17) is 10.5 Å². The number of nitrogens with one attached hydrogen (secondary N) is 1. The normalized spacial score (nSPS) is 36.7. The molecule has 2 bridgehead atoms. The molecule has 1 amide bonds. The van der Waals surface area contributed by atoms with Gasteiger partial charge in [-0.15, -0.1) is 0 Å². The van der Waals surface area contributed by atoms with Crippen LogP contribution in [-0.4, -0.2) is 22.8 Å². The summed E-state index contributed by atoms with van der Waals surface area (Å²) in [6.45, 7) is 5.65. The Morgan fingerprint density at radius 1 is 1.24 bits per heavy atom. The van der Waals surface area contributed by atoms with Gasteiger partial charge in [0.15, 0.2) is 0 Å². The fourth-order valence-corrected chi connectivity index (χ4v) is 3.23. The van der Waals surface area contributed by atoms with Gasteiger partial charge in [0.25, 0.3) is 0 Å². The number of rotatable bonds is 1. The quantitative estimate of drug-likeness (QED) is 0.739. The van der Waals surface area contributed by atoms with E-state index in [2.05, 4.69) is 5.32 Å². The van der Waals surface area contributed by atoms with Crippen LogP contribution in [0.25, 0.3) is 0 Å². The molecule has 0 radical (unpaired) electrons. The molecule has 2 fully saturated rings. The minimum absolute atomic E-state index is 0.0484. The second-order valence-electron chi connectivity index (χ2n) is 6.80. The average molecular weight is 240 g/mol. The van der Waals surface area contributed by atoms with Crippen LogP contribution in [0.5, 0.6) is 0 Å². The van der Waals surface area contributed by atoms with Crippen LogP contribution >= 0.6 is 0 Å². The third-order valence-corrected chi connectivity index (χ3v) is 3.89. The minimum atomic E-state index is -0.437. The number of carbonyl (C=O) groups excluding carboxylic acids is 1. The van der Waals surface area contributed by atoms with E-state index in [1.807, 2.05) is 20.8 Å². The first-order chi connectivity index (χ1) is 7.72. The zero-order valence-electron chi connectivity index (χ0n) is 11.1. The number of ether oxygens (including phenoxy) is 1. The Bertz CT molecular complexity index is 324. The van der Waals surface area contributed by atoms with Gasteiger partial charge in [-0.2, -0.15) is 0 Å². The van der Waals surface area contributed by atoms with Gasteiger partial charge in [0.2, 0.25) is 0 Å². The van der Waals surface area contributed by atoms with Gasteiger partial charge in [0.05, 0.1) is 0 Å². The van der Waals surface area contributed by atoms with Gasteiger partial charge in [-0.05, 0) is 59.3 Å². The maximum atomic E-state index is 11.8. The van der Waals surface area contributed by atoms with Crippen molar-refractivity contribution in [2.75, 3.05) is 0 Å². The number of hydrogen-bond acceptors (Lipinski definition) is 3. The third kappa shape index (κ3) is 2.92. The van der Waals surface area contributed by atoms with E-state index >= 15 is 0 Å². The molecule has 2 rings (SSSR count). The molecule has 4 nitrogen and oxygen atoms in total. The van der Waals surface area contributed by atoms with Crippen LogP contribution < -0.4 is 11.1 Å². The fraction of sp³-hybridized carbons (Fsp3) is 0.923. The van der Waals surface area contributed by atoms with E-state index in [0.717, 1.165) is 38.5 Å². The van der Waals surface area contributed by atoms with Crippen LogP contribution in [0.15, 0.2) is 0 Å². The molecule has 2 aliphatic rings. The molecule has 0 spiro atoms. The molecule has 2 unspecified atom stereocenters. The van der Waals surface area contributed by atoms with Crippen LogP contribution in [0, 0.1) is 0 Å². The second kappa shape index (κ2) is 3.87. The lowest BCUT2D eigenvalue weighted by Gasteiger charge is -2.38. The summed E-state index contributed by atoms with van der Waals surface area (Å²) in [5, 5.41) is 3.06. The predicted molar refractivity (Wildman–Crippen MR) is 66.7 cm³/mol. The van der Waals surface area contributed by atoms with Crippen LogP contribution in [0.4, 0.5) is 4.79 Å². The molecule has 2 aliphatic carbocycles. The van der Waals surface area contributed by atoms with Crippen molar-refractivity contribution in [2.24, 2.45) is 5.73 Å². The number of amides is 1. The van der Waals surface area contributed by atoms with Crippen molar-refractivity contribution in [2.45, 2.75) is 76.0 Å². The average Bonchev–Trinajstić information content (AvgIpc) is 2.33. The summed E-state index contributed by atoms with van der Waals surface area (Å²) in [5.74, 6) is 0. The molecule has 4 heteroatoms. The SMILES string of the molecule is CC(C)(C)OC(=O)NC12CCCC(N)(CC1)C2.